The predicted molar refractivity (Wildman–Crippen MR) is 130 cm³/mol. The number of carbonyl (C=O) groups excluding carboxylic acids is 2. The van der Waals surface area contributed by atoms with Crippen molar-refractivity contribution in [1.29, 1.82) is 0 Å². The van der Waals surface area contributed by atoms with Crippen molar-refractivity contribution in [1.82, 2.24) is 20.6 Å². The number of aromatic nitrogens is 2. The minimum Gasteiger partial charge on any atom is -0.483 e. The van der Waals surface area contributed by atoms with E-state index in [4.69, 9.17) is 16.3 Å². The lowest BCUT2D eigenvalue weighted by Gasteiger charge is -2.12. The number of para-hydroxylation sites is 1. The van der Waals surface area contributed by atoms with E-state index in [0.717, 1.165) is 16.8 Å². The highest BCUT2D eigenvalue weighted by Gasteiger charge is 2.13. The van der Waals surface area contributed by atoms with Gasteiger partial charge in [0.2, 0.25) is 0 Å². The van der Waals surface area contributed by atoms with E-state index < -0.39 is 11.8 Å². The van der Waals surface area contributed by atoms with Crippen LogP contribution in [0.1, 0.15) is 25.1 Å². The van der Waals surface area contributed by atoms with Gasteiger partial charge in [-0.2, -0.15) is 5.10 Å². The maximum Gasteiger partial charge on any atom is 0.276 e. The summed E-state index contributed by atoms with van der Waals surface area (Å²) >= 11 is 6.37. The third-order valence-corrected chi connectivity index (χ3v) is 5.10. The minimum atomic E-state index is -0.500. The molecule has 0 aliphatic rings. The average Bonchev–Trinajstić information content (AvgIpc) is 3.07. The number of rotatable bonds is 8. The first-order valence-electron chi connectivity index (χ1n) is 10.6. The second-order valence-electron chi connectivity index (χ2n) is 7.89. The van der Waals surface area contributed by atoms with Crippen LogP contribution in [0.5, 0.6) is 5.75 Å². The van der Waals surface area contributed by atoms with Crippen molar-refractivity contribution in [3.63, 3.8) is 0 Å². The maximum atomic E-state index is 12.1. The normalized spacial score (nSPS) is 11.1. The summed E-state index contributed by atoms with van der Waals surface area (Å²) in [7, 11) is 0. The topological polar surface area (TPSA) is 85.3 Å². The van der Waals surface area contributed by atoms with Crippen molar-refractivity contribution in [2.45, 2.75) is 27.3 Å². The number of hydrazine groups is 1. The molecule has 7 nitrogen and oxygen atoms in total. The Kier molecular flexibility index (Phi) is 8.27. The molecule has 0 fully saturated rings. The molecule has 1 heterocycles. The fourth-order valence-electron chi connectivity index (χ4n) is 3.18. The molecule has 8 heteroatoms. The number of nitrogens with zero attached hydrogens (tertiary/aromatic N) is 2. The van der Waals surface area contributed by atoms with Crippen LogP contribution in [0.25, 0.3) is 17.2 Å². The Labute approximate surface area is 198 Å². The van der Waals surface area contributed by atoms with E-state index in [-0.39, 0.29) is 6.61 Å². The summed E-state index contributed by atoms with van der Waals surface area (Å²) in [5.74, 6) is -0.0219. The van der Waals surface area contributed by atoms with E-state index in [1.54, 1.807) is 16.8 Å². The van der Waals surface area contributed by atoms with Gasteiger partial charge < -0.3 is 4.74 Å². The van der Waals surface area contributed by atoms with Crippen molar-refractivity contribution in [2.24, 2.45) is 5.92 Å². The Morgan fingerprint density at radius 1 is 1.09 bits per heavy atom. The van der Waals surface area contributed by atoms with Crippen molar-refractivity contribution in [3.05, 3.63) is 77.1 Å². The highest BCUT2D eigenvalue weighted by Crippen LogP contribution is 2.29. The van der Waals surface area contributed by atoms with Crippen molar-refractivity contribution < 1.29 is 14.3 Å². The van der Waals surface area contributed by atoms with Crippen LogP contribution in [-0.4, -0.2) is 28.2 Å². The predicted octanol–water partition coefficient (Wildman–Crippen LogP) is 4.41. The van der Waals surface area contributed by atoms with Gasteiger partial charge in [-0.05, 0) is 30.5 Å². The van der Waals surface area contributed by atoms with E-state index in [1.165, 1.54) is 6.08 Å². The number of carbonyl (C=O) groups is 2. The fraction of sp³-hybridized carbons (Fsp3) is 0.240. The highest BCUT2D eigenvalue weighted by atomic mass is 35.5. The maximum absolute atomic E-state index is 12.1. The first kappa shape index (κ1) is 24.1. The Balaban J connectivity index is 1.52. The molecule has 0 unspecified atom stereocenters. The molecule has 2 amide bonds. The largest absolute Gasteiger partial charge is 0.483 e. The molecule has 3 rings (SSSR count). The Hall–Kier alpha value is -3.58. The van der Waals surface area contributed by atoms with Gasteiger partial charge in [0.15, 0.2) is 6.61 Å². The zero-order chi connectivity index (χ0) is 23.8. The number of ether oxygens (including phenoxy) is 1. The first-order valence-corrected chi connectivity index (χ1v) is 11.0. The van der Waals surface area contributed by atoms with Crippen LogP contribution in [0.15, 0.2) is 60.7 Å². The van der Waals surface area contributed by atoms with Gasteiger partial charge in [0.1, 0.15) is 10.9 Å². The molecule has 0 saturated heterocycles. The van der Waals surface area contributed by atoms with Gasteiger partial charge in [-0.3, -0.25) is 25.1 Å². The average molecular weight is 467 g/mol. The summed E-state index contributed by atoms with van der Waals surface area (Å²) in [5.41, 5.74) is 7.93. The molecule has 3 aromatic rings. The second kappa shape index (κ2) is 11.3. The molecule has 172 valence electrons. The number of hydrogen-bond acceptors (Lipinski definition) is 4. The number of aryl methyl sites for hydroxylation is 1. The van der Waals surface area contributed by atoms with Gasteiger partial charge in [-0.25, -0.2) is 0 Å². The van der Waals surface area contributed by atoms with Crippen LogP contribution in [0.4, 0.5) is 0 Å². The van der Waals surface area contributed by atoms with Gasteiger partial charge in [0.05, 0.1) is 5.69 Å². The molecule has 0 radical (unpaired) electrons. The highest BCUT2D eigenvalue weighted by molar-refractivity contribution is 6.31. The minimum absolute atomic E-state index is 0.249. The summed E-state index contributed by atoms with van der Waals surface area (Å²) in [4.78, 5) is 24.3. The van der Waals surface area contributed by atoms with Gasteiger partial charge in [0, 0.05) is 23.7 Å². The molecule has 33 heavy (non-hydrogen) atoms. The van der Waals surface area contributed by atoms with Crippen molar-refractivity contribution in [2.75, 3.05) is 6.61 Å². The van der Waals surface area contributed by atoms with Crippen LogP contribution in [0.2, 0.25) is 5.15 Å². The molecule has 0 atom stereocenters. The van der Waals surface area contributed by atoms with Crippen molar-refractivity contribution >= 4 is 29.5 Å². The molecular weight excluding hydrogens is 440 g/mol. The van der Waals surface area contributed by atoms with E-state index in [2.05, 4.69) is 29.8 Å². The van der Waals surface area contributed by atoms with Crippen LogP contribution < -0.4 is 15.6 Å². The first-order chi connectivity index (χ1) is 15.8. The molecule has 0 aliphatic carbocycles. The number of amides is 2. The molecule has 2 aromatic carbocycles. The third-order valence-electron chi connectivity index (χ3n) is 4.70. The quantitative estimate of drug-likeness (QED) is 0.380. The van der Waals surface area contributed by atoms with Crippen LogP contribution in [0, 0.1) is 12.8 Å². The Morgan fingerprint density at radius 2 is 1.79 bits per heavy atom. The SMILES string of the molecule is Cc1nn(CC(C)C)c(Cl)c1/C=C/C(=O)NNC(=O)COc1ccccc1-c1ccccc1. The zero-order valence-corrected chi connectivity index (χ0v) is 19.6. The molecule has 0 aliphatic heterocycles. The number of benzene rings is 2. The van der Waals surface area contributed by atoms with Crippen molar-refractivity contribution in [3.8, 4) is 16.9 Å². The van der Waals surface area contributed by atoms with Gasteiger partial charge in [0.25, 0.3) is 11.8 Å². The third kappa shape index (κ3) is 6.70. The lowest BCUT2D eigenvalue weighted by molar-refractivity contribution is -0.128. The van der Waals surface area contributed by atoms with Gasteiger partial charge in [-0.1, -0.05) is 74.0 Å². The monoisotopic (exact) mass is 466 g/mol. The van der Waals surface area contributed by atoms with Gasteiger partial charge in [-0.15, -0.1) is 0 Å². The fourth-order valence-corrected chi connectivity index (χ4v) is 3.49. The molecule has 1 aromatic heterocycles. The Bertz CT molecular complexity index is 1140. The zero-order valence-electron chi connectivity index (χ0n) is 18.8. The number of hydrogen-bond donors (Lipinski definition) is 2. The van der Waals surface area contributed by atoms with Gasteiger partial charge >= 0.3 is 0 Å². The van der Waals surface area contributed by atoms with Crippen LogP contribution in [-0.2, 0) is 16.1 Å². The molecule has 0 spiro atoms. The standard InChI is InChI=1S/C25H27ClN4O3/c1-17(2)15-30-25(26)20(18(3)29-30)13-14-23(31)27-28-24(32)16-33-22-12-8-7-11-21(22)19-9-5-4-6-10-19/h4-14,17H,15-16H2,1-3H3,(H,27,31)(H,28,32)/b14-13+. The Morgan fingerprint density at radius 3 is 2.52 bits per heavy atom. The smallest absolute Gasteiger partial charge is 0.276 e. The lowest BCUT2D eigenvalue weighted by Crippen LogP contribution is -2.43. The second-order valence-corrected chi connectivity index (χ2v) is 8.25. The lowest BCUT2D eigenvalue weighted by atomic mass is 10.1. The number of halogens is 1. The van der Waals surface area contributed by atoms with E-state index in [1.807, 2.05) is 55.5 Å². The molecule has 0 bridgehead atoms. The van der Waals surface area contributed by atoms with E-state index >= 15 is 0 Å². The molecule has 0 saturated carbocycles. The molecular formula is C25H27ClN4O3. The summed E-state index contributed by atoms with van der Waals surface area (Å²) in [5, 5.41) is 4.87. The number of nitrogens with one attached hydrogen (secondary N) is 2. The molecule has 2 N–H and O–H groups in total. The summed E-state index contributed by atoms with van der Waals surface area (Å²) in [6, 6.07) is 17.2. The summed E-state index contributed by atoms with van der Waals surface area (Å²) in [6.45, 7) is 6.41. The van der Waals surface area contributed by atoms with Crippen LogP contribution >= 0.6 is 11.6 Å². The van der Waals surface area contributed by atoms with E-state index in [0.29, 0.717) is 28.9 Å². The van der Waals surface area contributed by atoms with Crippen LogP contribution in [0.3, 0.4) is 0 Å². The summed E-state index contributed by atoms with van der Waals surface area (Å²) in [6.07, 6.45) is 2.87. The summed E-state index contributed by atoms with van der Waals surface area (Å²) < 4.78 is 7.38. The van der Waals surface area contributed by atoms with E-state index in [9.17, 15) is 9.59 Å².